The molecule has 0 radical (unpaired) electrons. The topological polar surface area (TPSA) is 54.2 Å². The van der Waals surface area contributed by atoms with Crippen LogP contribution in [0.3, 0.4) is 0 Å². The minimum absolute atomic E-state index is 0.992. The zero-order valence-electron chi connectivity index (χ0n) is 12.2. The van der Waals surface area contributed by atoms with E-state index in [0.717, 1.165) is 40.9 Å². The number of piperidine rings is 1. The number of fused-ring (bicyclic) bond motifs is 1. The highest BCUT2D eigenvalue weighted by atomic mass is 15.2. The fourth-order valence-corrected chi connectivity index (χ4v) is 3.00. The molecule has 0 spiro atoms. The zero-order valence-corrected chi connectivity index (χ0v) is 12.2. The predicted octanol–water partition coefficient (Wildman–Crippen LogP) is 3.13. The number of hydrogen-bond donors (Lipinski definition) is 2. The SMILES string of the molecule is Cc1nc2ccc(N3CCCCC3)cc2c(NN)c1C. The summed E-state index contributed by atoms with van der Waals surface area (Å²) < 4.78 is 0. The van der Waals surface area contributed by atoms with Crippen LogP contribution >= 0.6 is 0 Å². The molecule has 1 aliphatic rings. The maximum absolute atomic E-state index is 5.72. The summed E-state index contributed by atoms with van der Waals surface area (Å²) >= 11 is 0. The summed E-state index contributed by atoms with van der Waals surface area (Å²) in [5.74, 6) is 5.72. The van der Waals surface area contributed by atoms with Crippen molar-refractivity contribution in [2.45, 2.75) is 33.1 Å². The van der Waals surface area contributed by atoms with Crippen LogP contribution in [0.5, 0.6) is 0 Å². The van der Waals surface area contributed by atoms with E-state index in [1.165, 1.54) is 24.9 Å². The van der Waals surface area contributed by atoms with Crippen LogP contribution in [0.15, 0.2) is 18.2 Å². The average molecular weight is 270 g/mol. The molecule has 106 valence electrons. The molecule has 4 nitrogen and oxygen atoms in total. The van der Waals surface area contributed by atoms with Gasteiger partial charge in [-0.15, -0.1) is 0 Å². The number of aryl methyl sites for hydroxylation is 1. The molecule has 1 saturated heterocycles. The second kappa shape index (κ2) is 5.29. The summed E-state index contributed by atoms with van der Waals surface area (Å²) in [6.45, 7) is 6.38. The Morgan fingerprint density at radius 1 is 1.15 bits per heavy atom. The van der Waals surface area contributed by atoms with Crippen LogP contribution < -0.4 is 16.2 Å². The highest BCUT2D eigenvalue weighted by molar-refractivity contribution is 5.95. The monoisotopic (exact) mass is 270 g/mol. The lowest BCUT2D eigenvalue weighted by Gasteiger charge is -2.29. The van der Waals surface area contributed by atoms with Crippen molar-refractivity contribution in [2.24, 2.45) is 5.84 Å². The van der Waals surface area contributed by atoms with Gasteiger partial charge in [-0.2, -0.15) is 0 Å². The molecule has 3 rings (SSSR count). The molecule has 0 saturated carbocycles. The van der Waals surface area contributed by atoms with Crippen LogP contribution in [0.2, 0.25) is 0 Å². The second-order valence-electron chi connectivity index (χ2n) is 5.59. The van der Waals surface area contributed by atoms with Gasteiger partial charge in [0.1, 0.15) is 0 Å². The van der Waals surface area contributed by atoms with Crippen LogP contribution in [0.4, 0.5) is 11.4 Å². The Morgan fingerprint density at radius 2 is 1.90 bits per heavy atom. The second-order valence-corrected chi connectivity index (χ2v) is 5.59. The molecule has 0 atom stereocenters. The molecular formula is C16H22N4. The number of aromatic nitrogens is 1. The van der Waals surface area contributed by atoms with Gasteiger partial charge in [-0.3, -0.25) is 10.8 Å². The van der Waals surface area contributed by atoms with E-state index in [1.807, 2.05) is 6.92 Å². The molecule has 0 bridgehead atoms. The van der Waals surface area contributed by atoms with Crippen LogP contribution in [0.1, 0.15) is 30.5 Å². The third-order valence-corrected chi connectivity index (χ3v) is 4.32. The van der Waals surface area contributed by atoms with E-state index in [1.54, 1.807) is 0 Å². The molecule has 1 aliphatic heterocycles. The summed E-state index contributed by atoms with van der Waals surface area (Å²) in [4.78, 5) is 7.11. The number of anilines is 2. The smallest absolute Gasteiger partial charge is 0.0728 e. The molecule has 1 aromatic heterocycles. The van der Waals surface area contributed by atoms with Gasteiger partial charge in [-0.1, -0.05) is 0 Å². The van der Waals surface area contributed by atoms with Crippen molar-refractivity contribution < 1.29 is 0 Å². The van der Waals surface area contributed by atoms with Gasteiger partial charge in [0.15, 0.2) is 0 Å². The Balaban J connectivity index is 2.11. The molecular weight excluding hydrogens is 248 g/mol. The molecule has 0 aliphatic carbocycles. The summed E-state index contributed by atoms with van der Waals surface area (Å²) in [6, 6.07) is 6.50. The Labute approximate surface area is 120 Å². The molecule has 0 unspecified atom stereocenters. The first-order valence-electron chi connectivity index (χ1n) is 7.33. The maximum atomic E-state index is 5.72. The van der Waals surface area contributed by atoms with E-state index in [9.17, 15) is 0 Å². The Morgan fingerprint density at radius 3 is 2.60 bits per heavy atom. The summed E-state index contributed by atoms with van der Waals surface area (Å²) in [6.07, 6.45) is 3.91. The number of rotatable bonds is 2. The third-order valence-electron chi connectivity index (χ3n) is 4.32. The Hall–Kier alpha value is -1.81. The van der Waals surface area contributed by atoms with E-state index in [2.05, 4.69) is 40.4 Å². The van der Waals surface area contributed by atoms with Gasteiger partial charge in [0.25, 0.3) is 0 Å². The maximum Gasteiger partial charge on any atom is 0.0728 e. The van der Waals surface area contributed by atoms with Crippen molar-refractivity contribution in [3.05, 3.63) is 29.5 Å². The van der Waals surface area contributed by atoms with Crippen molar-refractivity contribution in [2.75, 3.05) is 23.4 Å². The number of nitrogens with one attached hydrogen (secondary N) is 1. The number of pyridine rings is 1. The standard InChI is InChI=1S/C16H22N4/c1-11-12(2)18-15-7-6-13(10-14(15)16(11)19-17)20-8-4-3-5-9-20/h6-7,10H,3-5,8-9,17H2,1-2H3,(H,18,19). The van der Waals surface area contributed by atoms with Crippen molar-refractivity contribution in [3.63, 3.8) is 0 Å². The molecule has 0 amide bonds. The highest BCUT2D eigenvalue weighted by Gasteiger charge is 2.14. The van der Waals surface area contributed by atoms with Gasteiger partial charge in [0.05, 0.1) is 11.2 Å². The lowest BCUT2D eigenvalue weighted by Crippen LogP contribution is -2.29. The van der Waals surface area contributed by atoms with E-state index in [4.69, 9.17) is 5.84 Å². The van der Waals surface area contributed by atoms with E-state index in [0.29, 0.717) is 0 Å². The Bertz CT molecular complexity index is 630. The van der Waals surface area contributed by atoms with Gasteiger partial charge in [0, 0.05) is 29.9 Å². The van der Waals surface area contributed by atoms with E-state index >= 15 is 0 Å². The van der Waals surface area contributed by atoms with E-state index < -0.39 is 0 Å². The van der Waals surface area contributed by atoms with Gasteiger partial charge in [-0.05, 0) is 56.9 Å². The fraction of sp³-hybridized carbons (Fsp3) is 0.438. The Kier molecular flexibility index (Phi) is 3.49. The summed E-state index contributed by atoms with van der Waals surface area (Å²) in [5, 5.41) is 1.11. The number of hydrazine groups is 1. The lowest BCUT2D eigenvalue weighted by atomic mass is 10.1. The quantitative estimate of drug-likeness (QED) is 0.650. The fourth-order valence-electron chi connectivity index (χ4n) is 3.00. The molecule has 1 aromatic carbocycles. The molecule has 3 N–H and O–H groups in total. The van der Waals surface area contributed by atoms with Crippen LogP contribution in [-0.2, 0) is 0 Å². The summed E-state index contributed by atoms with van der Waals surface area (Å²) in [7, 11) is 0. The number of nitrogens with zero attached hydrogens (tertiary/aromatic N) is 2. The molecule has 1 fully saturated rings. The first-order chi connectivity index (χ1) is 9.70. The van der Waals surface area contributed by atoms with Crippen molar-refractivity contribution in [1.29, 1.82) is 0 Å². The van der Waals surface area contributed by atoms with Crippen LogP contribution in [-0.4, -0.2) is 18.1 Å². The predicted molar refractivity (Wildman–Crippen MR) is 85.1 cm³/mol. The minimum atomic E-state index is 0.992. The number of nitrogen functional groups attached to an aromatic ring is 1. The normalized spacial score (nSPS) is 15.7. The average Bonchev–Trinajstić information content (AvgIpc) is 2.49. The van der Waals surface area contributed by atoms with Gasteiger partial charge < -0.3 is 10.3 Å². The van der Waals surface area contributed by atoms with Crippen molar-refractivity contribution >= 4 is 22.3 Å². The van der Waals surface area contributed by atoms with Crippen LogP contribution in [0.25, 0.3) is 10.9 Å². The first kappa shape index (κ1) is 13.2. The molecule has 2 aromatic rings. The number of hydrogen-bond acceptors (Lipinski definition) is 4. The largest absolute Gasteiger partial charge is 0.372 e. The highest BCUT2D eigenvalue weighted by Crippen LogP contribution is 2.31. The third kappa shape index (κ3) is 2.20. The van der Waals surface area contributed by atoms with Gasteiger partial charge >= 0.3 is 0 Å². The van der Waals surface area contributed by atoms with Gasteiger partial charge in [0.2, 0.25) is 0 Å². The lowest BCUT2D eigenvalue weighted by molar-refractivity contribution is 0.578. The molecule has 4 heteroatoms. The number of nitrogens with two attached hydrogens (primary N) is 1. The van der Waals surface area contributed by atoms with Crippen molar-refractivity contribution in [3.8, 4) is 0 Å². The zero-order chi connectivity index (χ0) is 14.1. The molecule has 2 heterocycles. The van der Waals surface area contributed by atoms with Crippen molar-refractivity contribution in [1.82, 2.24) is 4.98 Å². The molecule has 20 heavy (non-hydrogen) atoms. The van der Waals surface area contributed by atoms with Gasteiger partial charge in [-0.25, -0.2) is 0 Å². The first-order valence-corrected chi connectivity index (χ1v) is 7.33. The minimum Gasteiger partial charge on any atom is -0.372 e. The number of benzene rings is 1. The van der Waals surface area contributed by atoms with Crippen LogP contribution in [0, 0.1) is 13.8 Å². The summed E-state index contributed by atoms with van der Waals surface area (Å²) in [5.41, 5.74) is 8.27. The van der Waals surface area contributed by atoms with E-state index in [-0.39, 0.29) is 0 Å².